The molecule has 1 fully saturated rings. The van der Waals surface area contributed by atoms with Crippen LogP contribution in [0.4, 0.5) is 11.4 Å². The molecule has 1 aliphatic heterocycles. The SMILES string of the molecule is COc1cc(C)c(S(=O)(=O)Nc2cccc(N3CCCC3)c2)c(C)c1. The Balaban J connectivity index is 1.91. The summed E-state index contributed by atoms with van der Waals surface area (Å²) in [5.74, 6) is 0.657. The van der Waals surface area contributed by atoms with Crippen molar-refractivity contribution in [1.82, 2.24) is 0 Å². The molecule has 0 saturated carbocycles. The molecule has 1 heterocycles. The molecule has 1 saturated heterocycles. The third-order valence-corrected chi connectivity index (χ3v) is 6.19. The van der Waals surface area contributed by atoms with E-state index in [-0.39, 0.29) is 0 Å². The lowest BCUT2D eigenvalue weighted by Gasteiger charge is -2.19. The molecule has 0 aliphatic carbocycles. The van der Waals surface area contributed by atoms with Crippen LogP contribution in [0.15, 0.2) is 41.3 Å². The normalized spacial score (nSPS) is 14.6. The van der Waals surface area contributed by atoms with Crippen LogP contribution in [-0.4, -0.2) is 28.6 Å². The second kappa shape index (κ2) is 6.96. The number of rotatable bonds is 5. The van der Waals surface area contributed by atoms with Crippen molar-refractivity contribution in [3.8, 4) is 5.75 Å². The van der Waals surface area contributed by atoms with Crippen molar-refractivity contribution >= 4 is 21.4 Å². The van der Waals surface area contributed by atoms with Gasteiger partial charge in [-0.05, 0) is 68.1 Å². The number of benzene rings is 2. The average molecular weight is 360 g/mol. The number of nitrogens with zero attached hydrogens (tertiary/aromatic N) is 1. The van der Waals surface area contributed by atoms with Crippen molar-refractivity contribution in [2.45, 2.75) is 31.6 Å². The van der Waals surface area contributed by atoms with E-state index in [0.717, 1.165) is 18.8 Å². The summed E-state index contributed by atoms with van der Waals surface area (Å²) in [7, 11) is -2.09. The zero-order chi connectivity index (χ0) is 18.0. The van der Waals surface area contributed by atoms with Crippen molar-refractivity contribution in [3.63, 3.8) is 0 Å². The van der Waals surface area contributed by atoms with Gasteiger partial charge in [0.1, 0.15) is 5.75 Å². The summed E-state index contributed by atoms with van der Waals surface area (Å²) in [4.78, 5) is 2.58. The molecule has 2 aromatic rings. The van der Waals surface area contributed by atoms with Gasteiger partial charge in [-0.25, -0.2) is 8.42 Å². The van der Waals surface area contributed by atoms with E-state index < -0.39 is 10.0 Å². The van der Waals surface area contributed by atoms with Gasteiger partial charge in [-0.15, -0.1) is 0 Å². The van der Waals surface area contributed by atoms with E-state index in [1.165, 1.54) is 12.8 Å². The van der Waals surface area contributed by atoms with E-state index in [4.69, 9.17) is 4.74 Å². The van der Waals surface area contributed by atoms with Crippen LogP contribution in [0.25, 0.3) is 0 Å². The molecule has 134 valence electrons. The minimum atomic E-state index is -3.66. The maximum Gasteiger partial charge on any atom is 0.262 e. The highest BCUT2D eigenvalue weighted by molar-refractivity contribution is 7.92. The predicted octanol–water partition coefficient (Wildman–Crippen LogP) is 3.71. The highest BCUT2D eigenvalue weighted by Gasteiger charge is 2.21. The number of methoxy groups -OCH3 is 1. The van der Waals surface area contributed by atoms with Crippen LogP contribution < -0.4 is 14.4 Å². The van der Waals surface area contributed by atoms with Gasteiger partial charge in [-0.3, -0.25) is 4.72 Å². The van der Waals surface area contributed by atoms with Crippen LogP contribution in [0.2, 0.25) is 0 Å². The van der Waals surface area contributed by atoms with Gasteiger partial charge >= 0.3 is 0 Å². The first-order chi connectivity index (χ1) is 11.9. The first-order valence-electron chi connectivity index (χ1n) is 8.44. The summed E-state index contributed by atoms with van der Waals surface area (Å²) in [6.07, 6.45) is 2.36. The number of hydrogen-bond donors (Lipinski definition) is 1. The fourth-order valence-electron chi connectivity index (χ4n) is 3.40. The largest absolute Gasteiger partial charge is 0.497 e. The van der Waals surface area contributed by atoms with Gasteiger partial charge in [-0.2, -0.15) is 0 Å². The van der Waals surface area contributed by atoms with Crippen LogP contribution in [0.3, 0.4) is 0 Å². The van der Waals surface area contributed by atoms with Crippen LogP contribution in [0, 0.1) is 13.8 Å². The molecule has 0 aromatic heterocycles. The molecule has 5 nitrogen and oxygen atoms in total. The molecule has 0 atom stereocenters. The van der Waals surface area contributed by atoms with E-state index in [9.17, 15) is 8.42 Å². The summed E-state index contributed by atoms with van der Waals surface area (Å²) >= 11 is 0. The van der Waals surface area contributed by atoms with Crippen LogP contribution >= 0.6 is 0 Å². The van der Waals surface area contributed by atoms with Gasteiger partial charge in [0.15, 0.2) is 0 Å². The molecular weight excluding hydrogens is 336 g/mol. The molecule has 3 rings (SSSR count). The van der Waals surface area contributed by atoms with Gasteiger partial charge in [0.25, 0.3) is 10.0 Å². The zero-order valence-corrected chi connectivity index (χ0v) is 15.7. The molecule has 1 N–H and O–H groups in total. The van der Waals surface area contributed by atoms with Gasteiger partial charge < -0.3 is 9.64 Å². The first-order valence-corrected chi connectivity index (χ1v) is 9.92. The fraction of sp³-hybridized carbons (Fsp3) is 0.368. The Kier molecular flexibility index (Phi) is 4.90. The Bertz CT molecular complexity index is 849. The molecule has 6 heteroatoms. The van der Waals surface area contributed by atoms with Crippen LogP contribution in [0.1, 0.15) is 24.0 Å². The first kappa shape index (κ1) is 17.6. The molecule has 0 unspecified atom stereocenters. The monoisotopic (exact) mass is 360 g/mol. The van der Waals surface area contributed by atoms with Crippen molar-refractivity contribution in [2.24, 2.45) is 0 Å². The highest BCUT2D eigenvalue weighted by atomic mass is 32.2. The quantitative estimate of drug-likeness (QED) is 0.883. The van der Waals surface area contributed by atoms with E-state index in [1.54, 1.807) is 39.2 Å². The molecule has 0 amide bonds. The Morgan fingerprint density at radius 2 is 1.68 bits per heavy atom. The van der Waals surface area contributed by atoms with E-state index in [2.05, 4.69) is 9.62 Å². The van der Waals surface area contributed by atoms with Crippen LogP contribution in [0.5, 0.6) is 5.75 Å². The zero-order valence-electron chi connectivity index (χ0n) is 14.9. The van der Waals surface area contributed by atoms with Gasteiger partial charge in [-0.1, -0.05) is 6.07 Å². The molecule has 0 spiro atoms. The standard InChI is InChI=1S/C19H24N2O3S/c1-14-11-18(24-3)12-15(2)19(14)25(22,23)20-16-7-6-8-17(13-16)21-9-4-5-10-21/h6-8,11-13,20H,4-5,9-10H2,1-3H3. The average Bonchev–Trinajstić information content (AvgIpc) is 3.08. The van der Waals surface area contributed by atoms with Crippen molar-refractivity contribution in [3.05, 3.63) is 47.5 Å². The van der Waals surface area contributed by atoms with Crippen molar-refractivity contribution < 1.29 is 13.2 Å². The van der Waals surface area contributed by atoms with E-state index >= 15 is 0 Å². The number of hydrogen-bond acceptors (Lipinski definition) is 4. The molecule has 2 aromatic carbocycles. The molecule has 25 heavy (non-hydrogen) atoms. The second-order valence-electron chi connectivity index (χ2n) is 6.44. The summed E-state index contributed by atoms with van der Waals surface area (Å²) in [6, 6.07) is 11.1. The number of aryl methyl sites for hydroxylation is 2. The van der Waals surface area contributed by atoms with Gasteiger partial charge in [0.2, 0.25) is 0 Å². The summed E-state index contributed by atoms with van der Waals surface area (Å²) in [6.45, 7) is 5.61. The van der Waals surface area contributed by atoms with E-state index in [0.29, 0.717) is 27.5 Å². The third-order valence-electron chi connectivity index (χ3n) is 4.51. The Morgan fingerprint density at radius 1 is 1.04 bits per heavy atom. The minimum absolute atomic E-state index is 0.305. The molecule has 0 radical (unpaired) electrons. The number of nitrogens with one attached hydrogen (secondary N) is 1. The third kappa shape index (κ3) is 3.74. The summed E-state index contributed by atoms with van der Waals surface area (Å²) < 4.78 is 33.8. The number of sulfonamides is 1. The smallest absolute Gasteiger partial charge is 0.262 e. The highest BCUT2D eigenvalue weighted by Crippen LogP contribution is 2.29. The van der Waals surface area contributed by atoms with E-state index in [1.807, 2.05) is 18.2 Å². The fourth-order valence-corrected chi connectivity index (χ4v) is 4.90. The molecule has 1 aliphatic rings. The van der Waals surface area contributed by atoms with Crippen molar-refractivity contribution in [1.29, 1.82) is 0 Å². The Morgan fingerprint density at radius 3 is 2.28 bits per heavy atom. The maximum atomic E-state index is 12.9. The Hall–Kier alpha value is -2.21. The number of ether oxygens (including phenoxy) is 1. The number of anilines is 2. The lowest BCUT2D eigenvalue weighted by Crippen LogP contribution is -2.19. The summed E-state index contributed by atoms with van der Waals surface area (Å²) in [5.41, 5.74) is 2.97. The van der Waals surface area contributed by atoms with Gasteiger partial charge in [0.05, 0.1) is 17.7 Å². The summed E-state index contributed by atoms with van der Waals surface area (Å²) in [5, 5.41) is 0. The molecule has 0 bridgehead atoms. The predicted molar refractivity (Wildman–Crippen MR) is 101 cm³/mol. The van der Waals surface area contributed by atoms with Crippen molar-refractivity contribution in [2.75, 3.05) is 29.8 Å². The lowest BCUT2D eigenvalue weighted by atomic mass is 10.1. The Labute approximate surface area is 149 Å². The second-order valence-corrected chi connectivity index (χ2v) is 8.06. The lowest BCUT2D eigenvalue weighted by molar-refractivity contribution is 0.413. The van der Waals surface area contributed by atoms with Gasteiger partial charge in [0, 0.05) is 18.8 Å². The maximum absolute atomic E-state index is 12.9. The topological polar surface area (TPSA) is 58.6 Å². The molecular formula is C19H24N2O3S. The minimum Gasteiger partial charge on any atom is -0.497 e. The van der Waals surface area contributed by atoms with Crippen LogP contribution in [-0.2, 0) is 10.0 Å².